The van der Waals surface area contributed by atoms with E-state index in [0.29, 0.717) is 16.1 Å². The Balaban J connectivity index is 2.29. The van der Waals surface area contributed by atoms with Gasteiger partial charge in [-0.3, -0.25) is 9.10 Å². The van der Waals surface area contributed by atoms with Crippen molar-refractivity contribution >= 4 is 27.3 Å². The van der Waals surface area contributed by atoms with Crippen LogP contribution >= 0.6 is 0 Å². The summed E-state index contributed by atoms with van der Waals surface area (Å²) in [6, 6.07) is 9.16. The Bertz CT molecular complexity index is 936. The highest BCUT2D eigenvalue weighted by molar-refractivity contribution is 7.92. The van der Waals surface area contributed by atoms with Crippen LogP contribution in [0.25, 0.3) is 0 Å². The lowest BCUT2D eigenvalue weighted by Crippen LogP contribution is -2.37. The molecular formula is C18H19F3N2O3S. The fraction of sp³-hybridized carbons (Fsp3) is 0.278. The first-order valence-corrected chi connectivity index (χ1v) is 9.74. The molecular weight excluding hydrogens is 381 g/mol. The van der Waals surface area contributed by atoms with Crippen LogP contribution in [0, 0.1) is 13.8 Å². The summed E-state index contributed by atoms with van der Waals surface area (Å²) in [6.45, 7) is 3.04. The number of nitrogens with zero attached hydrogens (tertiary/aromatic N) is 1. The van der Waals surface area contributed by atoms with Crippen LogP contribution in [0.3, 0.4) is 0 Å². The number of sulfonamides is 1. The number of hydrogen-bond donors (Lipinski definition) is 1. The summed E-state index contributed by atoms with van der Waals surface area (Å²) in [7, 11) is -3.98. The topological polar surface area (TPSA) is 66.5 Å². The lowest BCUT2D eigenvalue weighted by atomic mass is 10.1. The van der Waals surface area contributed by atoms with Crippen LogP contribution in [0.5, 0.6) is 0 Å². The highest BCUT2D eigenvalue weighted by Crippen LogP contribution is 2.32. The fourth-order valence-corrected chi connectivity index (χ4v) is 3.46. The Labute approximate surface area is 155 Å². The van der Waals surface area contributed by atoms with Gasteiger partial charge < -0.3 is 5.32 Å². The van der Waals surface area contributed by atoms with Gasteiger partial charge in [0.1, 0.15) is 6.54 Å². The molecule has 9 heteroatoms. The Morgan fingerprint density at radius 3 is 2.19 bits per heavy atom. The van der Waals surface area contributed by atoms with Gasteiger partial charge >= 0.3 is 6.18 Å². The molecule has 0 bridgehead atoms. The molecule has 27 heavy (non-hydrogen) atoms. The third-order valence-electron chi connectivity index (χ3n) is 3.65. The van der Waals surface area contributed by atoms with Gasteiger partial charge in [-0.1, -0.05) is 12.1 Å². The van der Waals surface area contributed by atoms with Gasteiger partial charge in [0, 0.05) is 5.69 Å². The van der Waals surface area contributed by atoms with Crippen molar-refractivity contribution in [1.82, 2.24) is 0 Å². The number of alkyl halides is 3. The molecule has 0 aliphatic rings. The molecule has 0 radical (unpaired) electrons. The number of aryl methyl sites for hydroxylation is 2. The Kier molecular flexibility index (Phi) is 5.84. The van der Waals surface area contributed by atoms with E-state index in [1.165, 1.54) is 6.07 Å². The van der Waals surface area contributed by atoms with E-state index >= 15 is 0 Å². The van der Waals surface area contributed by atoms with E-state index in [9.17, 15) is 26.4 Å². The maximum Gasteiger partial charge on any atom is 0.416 e. The summed E-state index contributed by atoms with van der Waals surface area (Å²) in [5, 5.41) is 2.57. The molecule has 0 aliphatic heterocycles. The minimum atomic E-state index is -4.62. The Morgan fingerprint density at radius 2 is 1.67 bits per heavy atom. The second-order valence-corrected chi connectivity index (χ2v) is 8.15. The number of benzene rings is 2. The number of halogens is 3. The van der Waals surface area contributed by atoms with Crippen LogP contribution in [0.4, 0.5) is 24.5 Å². The standard InChI is InChI=1S/C18H19F3N2O3S/c1-12-7-13(2)9-15(8-12)22-17(24)11-23(27(3,25)26)16-6-4-5-14(10-16)18(19,20)21/h4-10H,11H2,1-3H3,(H,22,24). The molecule has 0 aromatic heterocycles. The quantitative estimate of drug-likeness (QED) is 0.832. The second kappa shape index (κ2) is 7.59. The largest absolute Gasteiger partial charge is 0.416 e. The third kappa shape index (κ3) is 5.72. The van der Waals surface area contributed by atoms with E-state index in [4.69, 9.17) is 0 Å². The van der Waals surface area contributed by atoms with Gasteiger partial charge in [0.2, 0.25) is 15.9 Å². The highest BCUT2D eigenvalue weighted by atomic mass is 32.2. The van der Waals surface area contributed by atoms with Gasteiger partial charge in [-0.25, -0.2) is 8.42 Å². The number of carbonyl (C=O) groups is 1. The molecule has 2 aromatic carbocycles. The van der Waals surface area contributed by atoms with Crippen molar-refractivity contribution in [3.8, 4) is 0 Å². The lowest BCUT2D eigenvalue weighted by molar-refractivity contribution is -0.137. The zero-order valence-electron chi connectivity index (χ0n) is 15.0. The van der Waals surface area contributed by atoms with Crippen molar-refractivity contribution in [3.05, 3.63) is 59.2 Å². The van der Waals surface area contributed by atoms with E-state index in [0.717, 1.165) is 29.5 Å². The molecule has 0 saturated carbocycles. The minimum Gasteiger partial charge on any atom is -0.324 e. The smallest absolute Gasteiger partial charge is 0.324 e. The molecule has 0 unspecified atom stereocenters. The van der Waals surface area contributed by atoms with Gasteiger partial charge in [-0.05, 0) is 55.3 Å². The average molecular weight is 400 g/mol. The molecule has 146 valence electrons. The molecule has 0 heterocycles. The summed E-state index contributed by atoms with van der Waals surface area (Å²) in [6.07, 6.45) is -3.79. The molecule has 0 spiro atoms. The lowest BCUT2D eigenvalue weighted by Gasteiger charge is -2.23. The number of hydrogen-bond acceptors (Lipinski definition) is 3. The number of amides is 1. The van der Waals surface area contributed by atoms with Crippen LogP contribution in [0.2, 0.25) is 0 Å². The minimum absolute atomic E-state index is 0.233. The molecule has 1 amide bonds. The number of anilines is 2. The van der Waals surface area contributed by atoms with E-state index in [-0.39, 0.29) is 5.69 Å². The number of carbonyl (C=O) groups excluding carboxylic acids is 1. The van der Waals surface area contributed by atoms with Crippen LogP contribution in [-0.2, 0) is 21.0 Å². The van der Waals surface area contributed by atoms with Crippen molar-refractivity contribution in [2.45, 2.75) is 20.0 Å². The maximum absolute atomic E-state index is 12.9. The molecule has 1 N–H and O–H groups in total. The maximum atomic E-state index is 12.9. The first-order chi connectivity index (χ1) is 12.4. The van der Waals surface area contributed by atoms with Gasteiger partial charge in [0.15, 0.2) is 0 Å². The van der Waals surface area contributed by atoms with Crippen molar-refractivity contribution in [2.75, 3.05) is 22.4 Å². The number of rotatable bonds is 5. The van der Waals surface area contributed by atoms with Crippen LogP contribution in [0.15, 0.2) is 42.5 Å². The van der Waals surface area contributed by atoms with Crippen molar-refractivity contribution < 1.29 is 26.4 Å². The fourth-order valence-electron chi connectivity index (χ4n) is 2.62. The van der Waals surface area contributed by atoms with Crippen LogP contribution in [-0.4, -0.2) is 27.1 Å². The molecule has 0 atom stereocenters. The highest BCUT2D eigenvalue weighted by Gasteiger charge is 2.32. The van der Waals surface area contributed by atoms with E-state index in [1.807, 2.05) is 19.9 Å². The monoisotopic (exact) mass is 400 g/mol. The van der Waals surface area contributed by atoms with Crippen molar-refractivity contribution in [1.29, 1.82) is 0 Å². The molecule has 5 nitrogen and oxygen atoms in total. The molecule has 2 rings (SSSR count). The summed E-state index contributed by atoms with van der Waals surface area (Å²) >= 11 is 0. The third-order valence-corrected chi connectivity index (χ3v) is 4.80. The first-order valence-electron chi connectivity index (χ1n) is 7.89. The summed E-state index contributed by atoms with van der Waals surface area (Å²) < 4.78 is 63.5. The predicted molar refractivity (Wildman–Crippen MR) is 98.2 cm³/mol. The van der Waals surface area contributed by atoms with E-state index < -0.39 is 34.2 Å². The molecule has 2 aromatic rings. The van der Waals surface area contributed by atoms with Gasteiger partial charge in [-0.2, -0.15) is 13.2 Å². The van der Waals surface area contributed by atoms with Crippen molar-refractivity contribution in [3.63, 3.8) is 0 Å². The van der Waals surface area contributed by atoms with Crippen LogP contribution in [0.1, 0.15) is 16.7 Å². The summed E-state index contributed by atoms with van der Waals surface area (Å²) in [4.78, 5) is 12.3. The number of nitrogens with one attached hydrogen (secondary N) is 1. The Morgan fingerprint density at radius 1 is 1.07 bits per heavy atom. The molecule has 0 fully saturated rings. The zero-order chi connectivity index (χ0) is 20.4. The summed E-state index contributed by atoms with van der Waals surface area (Å²) in [5.41, 5.74) is 1.06. The van der Waals surface area contributed by atoms with Crippen molar-refractivity contribution in [2.24, 2.45) is 0 Å². The first kappa shape index (κ1) is 20.8. The molecule has 0 saturated heterocycles. The Hall–Kier alpha value is -2.55. The SMILES string of the molecule is Cc1cc(C)cc(NC(=O)CN(c2cccc(C(F)(F)F)c2)S(C)(=O)=O)c1. The van der Waals surface area contributed by atoms with Gasteiger partial charge in [0.05, 0.1) is 17.5 Å². The predicted octanol–water partition coefficient (Wildman–Crippen LogP) is 3.73. The summed E-state index contributed by atoms with van der Waals surface area (Å²) in [5.74, 6) is -0.664. The van der Waals surface area contributed by atoms with E-state index in [2.05, 4.69) is 5.32 Å². The van der Waals surface area contributed by atoms with Gasteiger partial charge in [0.25, 0.3) is 0 Å². The second-order valence-electron chi connectivity index (χ2n) is 6.24. The van der Waals surface area contributed by atoms with Gasteiger partial charge in [-0.15, -0.1) is 0 Å². The zero-order valence-corrected chi connectivity index (χ0v) is 15.8. The normalized spacial score (nSPS) is 11.9. The average Bonchev–Trinajstić information content (AvgIpc) is 2.50. The molecule has 0 aliphatic carbocycles. The van der Waals surface area contributed by atoms with Crippen LogP contribution < -0.4 is 9.62 Å². The van der Waals surface area contributed by atoms with E-state index in [1.54, 1.807) is 12.1 Å².